The predicted octanol–water partition coefficient (Wildman–Crippen LogP) is 4.13. The highest BCUT2D eigenvalue weighted by atomic mass is 19.1. The van der Waals surface area contributed by atoms with Gasteiger partial charge in [-0.2, -0.15) is 0 Å². The standard InChI is InChI=1S/C17H13FN2/c18-14-7-5-13-6-9-16(20-17(13)11-14)8-4-12-2-1-3-15(19)10-12/h1-11H,19H2. The second-order valence-electron chi connectivity index (χ2n) is 4.58. The van der Waals surface area contributed by atoms with Crippen LogP contribution >= 0.6 is 0 Å². The quantitative estimate of drug-likeness (QED) is 0.707. The molecule has 0 spiro atoms. The molecule has 3 heteroatoms. The molecule has 2 N–H and O–H groups in total. The Morgan fingerprint density at radius 2 is 1.80 bits per heavy atom. The molecule has 0 amide bonds. The van der Waals surface area contributed by atoms with Crippen molar-refractivity contribution in [3.8, 4) is 0 Å². The molecule has 98 valence electrons. The molecule has 1 heterocycles. The van der Waals surface area contributed by atoms with Crippen LogP contribution in [0.4, 0.5) is 10.1 Å². The third kappa shape index (κ3) is 2.67. The Labute approximate surface area is 116 Å². The van der Waals surface area contributed by atoms with Gasteiger partial charge in [-0.15, -0.1) is 0 Å². The van der Waals surface area contributed by atoms with E-state index in [1.807, 2.05) is 48.6 Å². The summed E-state index contributed by atoms with van der Waals surface area (Å²) in [6.45, 7) is 0. The summed E-state index contributed by atoms with van der Waals surface area (Å²) < 4.78 is 13.2. The third-order valence-electron chi connectivity index (χ3n) is 3.03. The molecule has 0 bridgehead atoms. The number of pyridine rings is 1. The van der Waals surface area contributed by atoms with Crippen molar-refractivity contribution in [2.45, 2.75) is 0 Å². The van der Waals surface area contributed by atoms with Crippen LogP contribution in [0.3, 0.4) is 0 Å². The fourth-order valence-corrected chi connectivity index (χ4v) is 2.04. The molecule has 0 saturated heterocycles. The van der Waals surface area contributed by atoms with Gasteiger partial charge in [0.15, 0.2) is 0 Å². The second-order valence-corrected chi connectivity index (χ2v) is 4.58. The summed E-state index contributed by atoms with van der Waals surface area (Å²) in [6.07, 6.45) is 3.82. The van der Waals surface area contributed by atoms with Crippen molar-refractivity contribution < 1.29 is 4.39 Å². The van der Waals surface area contributed by atoms with Crippen molar-refractivity contribution >= 4 is 28.7 Å². The van der Waals surface area contributed by atoms with Crippen LogP contribution in [0.5, 0.6) is 0 Å². The summed E-state index contributed by atoms with van der Waals surface area (Å²) in [5, 5.41) is 0.924. The maximum Gasteiger partial charge on any atom is 0.125 e. The van der Waals surface area contributed by atoms with E-state index in [9.17, 15) is 4.39 Å². The lowest BCUT2D eigenvalue weighted by Crippen LogP contribution is -1.85. The molecular weight excluding hydrogens is 251 g/mol. The molecule has 0 radical (unpaired) electrons. The number of nitrogen functional groups attached to an aromatic ring is 1. The summed E-state index contributed by atoms with van der Waals surface area (Å²) in [7, 11) is 0. The molecule has 0 saturated carbocycles. The number of benzene rings is 2. The first kappa shape index (κ1) is 12.4. The molecule has 0 aliphatic heterocycles. The van der Waals surface area contributed by atoms with Gasteiger partial charge in [-0.05, 0) is 42.0 Å². The molecule has 0 atom stereocenters. The van der Waals surface area contributed by atoms with E-state index in [4.69, 9.17) is 5.73 Å². The first-order valence-corrected chi connectivity index (χ1v) is 6.31. The number of nitrogens with two attached hydrogens (primary N) is 1. The van der Waals surface area contributed by atoms with Gasteiger partial charge in [-0.1, -0.05) is 24.3 Å². The van der Waals surface area contributed by atoms with Crippen molar-refractivity contribution in [2.75, 3.05) is 5.73 Å². The first-order chi connectivity index (χ1) is 9.70. The Balaban J connectivity index is 1.94. The van der Waals surface area contributed by atoms with Crippen LogP contribution in [0.2, 0.25) is 0 Å². The Morgan fingerprint density at radius 3 is 2.65 bits per heavy atom. The van der Waals surface area contributed by atoms with E-state index in [0.29, 0.717) is 5.52 Å². The van der Waals surface area contributed by atoms with Crippen LogP contribution in [0.15, 0.2) is 54.6 Å². The zero-order valence-electron chi connectivity index (χ0n) is 10.8. The fourth-order valence-electron chi connectivity index (χ4n) is 2.04. The average molecular weight is 264 g/mol. The summed E-state index contributed by atoms with van der Waals surface area (Å²) in [6, 6.07) is 16.0. The van der Waals surface area contributed by atoms with Gasteiger partial charge in [0.1, 0.15) is 5.82 Å². The fraction of sp³-hybridized carbons (Fsp3) is 0. The van der Waals surface area contributed by atoms with Gasteiger partial charge in [0.25, 0.3) is 0 Å². The normalized spacial score (nSPS) is 11.2. The lowest BCUT2D eigenvalue weighted by atomic mass is 10.1. The lowest BCUT2D eigenvalue weighted by Gasteiger charge is -2.00. The zero-order chi connectivity index (χ0) is 13.9. The van der Waals surface area contributed by atoms with E-state index in [1.54, 1.807) is 6.07 Å². The highest BCUT2D eigenvalue weighted by Crippen LogP contribution is 2.16. The SMILES string of the molecule is Nc1cccc(C=Cc2ccc3ccc(F)cc3n2)c1. The van der Waals surface area contributed by atoms with Gasteiger partial charge in [-0.25, -0.2) is 9.37 Å². The number of fused-ring (bicyclic) bond motifs is 1. The van der Waals surface area contributed by atoms with E-state index < -0.39 is 0 Å². The Bertz CT molecular complexity index is 794. The summed E-state index contributed by atoms with van der Waals surface area (Å²) in [4.78, 5) is 4.42. The number of aromatic nitrogens is 1. The summed E-state index contributed by atoms with van der Waals surface area (Å²) >= 11 is 0. The minimum atomic E-state index is -0.276. The van der Waals surface area contributed by atoms with E-state index in [1.165, 1.54) is 12.1 Å². The third-order valence-corrected chi connectivity index (χ3v) is 3.03. The Hall–Kier alpha value is -2.68. The molecule has 0 aliphatic rings. The van der Waals surface area contributed by atoms with Crippen LogP contribution in [-0.4, -0.2) is 4.98 Å². The molecule has 0 unspecified atom stereocenters. The molecule has 20 heavy (non-hydrogen) atoms. The van der Waals surface area contributed by atoms with Crippen molar-refractivity contribution in [3.63, 3.8) is 0 Å². The summed E-state index contributed by atoms with van der Waals surface area (Å²) in [5.41, 5.74) is 8.89. The molecule has 3 aromatic rings. The monoisotopic (exact) mass is 264 g/mol. The van der Waals surface area contributed by atoms with E-state index in [0.717, 1.165) is 22.3 Å². The number of hydrogen-bond acceptors (Lipinski definition) is 2. The van der Waals surface area contributed by atoms with Crippen LogP contribution in [0.25, 0.3) is 23.1 Å². The second kappa shape index (κ2) is 5.13. The number of anilines is 1. The van der Waals surface area contributed by atoms with Crippen molar-refractivity contribution in [2.24, 2.45) is 0 Å². The van der Waals surface area contributed by atoms with Crippen LogP contribution < -0.4 is 5.73 Å². The van der Waals surface area contributed by atoms with Gasteiger partial charge >= 0.3 is 0 Å². The molecular formula is C17H13FN2. The van der Waals surface area contributed by atoms with Gasteiger partial charge in [-0.3, -0.25) is 0 Å². The van der Waals surface area contributed by atoms with Crippen LogP contribution in [0, 0.1) is 5.82 Å². The van der Waals surface area contributed by atoms with Gasteiger partial charge < -0.3 is 5.73 Å². The van der Waals surface area contributed by atoms with Gasteiger partial charge in [0.2, 0.25) is 0 Å². The molecule has 1 aromatic heterocycles. The Morgan fingerprint density at radius 1 is 0.950 bits per heavy atom. The topological polar surface area (TPSA) is 38.9 Å². The van der Waals surface area contributed by atoms with E-state index in [2.05, 4.69) is 4.98 Å². The zero-order valence-corrected chi connectivity index (χ0v) is 10.8. The smallest absolute Gasteiger partial charge is 0.125 e. The van der Waals surface area contributed by atoms with Gasteiger partial charge in [0.05, 0.1) is 11.2 Å². The number of halogens is 1. The minimum absolute atomic E-state index is 0.276. The number of hydrogen-bond donors (Lipinski definition) is 1. The lowest BCUT2D eigenvalue weighted by molar-refractivity contribution is 0.629. The molecule has 2 aromatic carbocycles. The number of rotatable bonds is 2. The van der Waals surface area contributed by atoms with E-state index >= 15 is 0 Å². The highest BCUT2D eigenvalue weighted by Gasteiger charge is 1.98. The van der Waals surface area contributed by atoms with Crippen LogP contribution in [0.1, 0.15) is 11.3 Å². The highest BCUT2D eigenvalue weighted by molar-refractivity contribution is 5.81. The van der Waals surface area contributed by atoms with Crippen molar-refractivity contribution in [1.29, 1.82) is 0 Å². The minimum Gasteiger partial charge on any atom is -0.399 e. The molecule has 0 fully saturated rings. The van der Waals surface area contributed by atoms with Crippen molar-refractivity contribution in [1.82, 2.24) is 4.98 Å². The predicted molar refractivity (Wildman–Crippen MR) is 81.5 cm³/mol. The van der Waals surface area contributed by atoms with Gasteiger partial charge in [0, 0.05) is 17.1 Å². The van der Waals surface area contributed by atoms with Crippen LogP contribution in [-0.2, 0) is 0 Å². The number of nitrogens with zero attached hydrogens (tertiary/aromatic N) is 1. The van der Waals surface area contributed by atoms with E-state index in [-0.39, 0.29) is 5.82 Å². The molecule has 3 rings (SSSR count). The largest absolute Gasteiger partial charge is 0.399 e. The maximum absolute atomic E-state index is 13.2. The Kier molecular flexibility index (Phi) is 3.17. The molecule has 2 nitrogen and oxygen atoms in total. The maximum atomic E-state index is 13.2. The first-order valence-electron chi connectivity index (χ1n) is 6.31. The summed E-state index contributed by atoms with van der Waals surface area (Å²) in [5.74, 6) is -0.276. The average Bonchev–Trinajstić information content (AvgIpc) is 2.45. The molecule has 0 aliphatic carbocycles. The van der Waals surface area contributed by atoms with Crippen molar-refractivity contribution in [3.05, 3.63) is 71.7 Å².